The molecular weight excluding hydrogens is 465 g/mol. The van der Waals surface area contributed by atoms with Gasteiger partial charge >= 0.3 is 0 Å². The molecule has 29 heavy (non-hydrogen) atoms. The van der Waals surface area contributed by atoms with E-state index in [1.54, 1.807) is 24.3 Å². The number of methoxy groups -OCH3 is 1. The van der Waals surface area contributed by atoms with E-state index in [4.69, 9.17) is 4.74 Å². The molecule has 0 saturated carbocycles. The monoisotopic (exact) mass is 481 g/mol. The zero-order valence-electron chi connectivity index (χ0n) is 15.4. The number of aromatic nitrogens is 1. The van der Waals surface area contributed by atoms with Crippen molar-refractivity contribution < 1.29 is 17.5 Å². The summed E-state index contributed by atoms with van der Waals surface area (Å²) in [7, 11) is -1.26. The van der Waals surface area contributed by atoms with Crippen LogP contribution in [0.2, 0.25) is 0 Å². The van der Waals surface area contributed by atoms with Crippen LogP contribution < -0.4 is 20.3 Å². The summed E-state index contributed by atoms with van der Waals surface area (Å²) < 4.78 is 49.3. The van der Waals surface area contributed by atoms with Gasteiger partial charge in [0.05, 0.1) is 17.7 Å². The van der Waals surface area contributed by atoms with Crippen LogP contribution in [0.4, 0.5) is 21.6 Å². The first kappa shape index (κ1) is 20.9. The van der Waals surface area contributed by atoms with Gasteiger partial charge in [0.1, 0.15) is 17.3 Å². The van der Waals surface area contributed by atoms with Gasteiger partial charge in [-0.2, -0.15) is 0 Å². The molecular formula is C19H17BrFN3O4S. The van der Waals surface area contributed by atoms with Crippen molar-refractivity contribution >= 4 is 43.1 Å². The molecule has 0 spiro atoms. The van der Waals surface area contributed by atoms with Gasteiger partial charge in [0.25, 0.3) is 15.6 Å². The number of ether oxygens (including phenoxy) is 1. The number of pyridine rings is 1. The highest BCUT2D eigenvalue weighted by Crippen LogP contribution is 2.35. The summed E-state index contributed by atoms with van der Waals surface area (Å²) in [5, 5.41) is 2.79. The third kappa shape index (κ3) is 4.43. The van der Waals surface area contributed by atoms with E-state index >= 15 is 0 Å². The zero-order chi connectivity index (χ0) is 21.2. The number of nitrogens with one attached hydrogen (secondary N) is 2. The molecule has 1 aromatic heterocycles. The topological polar surface area (TPSA) is 89.4 Å². The number of sulfonamides is 1. The summed E-state index contributed by atoms with van der Waals surface area (Å²) in [5.41, 5.74) is -0.443. The zero-order valence-corrected chi connectivity index (χ0v) is 17.8. The van der Waals surface area contributed by atoms with E-state index in [9.17, 15) is 17.6 Å². The molecule has 10 heteroatoms. The Morgan fingerprint density at radius 3 is 2.41 bits per heavy atom. The molecule has 0 aliphatic carbocycles. The largest absolute Gasteiger partial charge is 0.494 e. The van der Waals surface area contributed by atoms with Crippen LogP contribution >= 0.6 is 15.9 Å². The Morgan fingerprint density at radius 2 is 1.79 bits per heavy atom. The third-order valence-corrected chi connectivity index (χ3v) is 5.96. The van der Waals surface area contributed by atoms with Crippen LogP contribution in [0, 0.1) is 5.82 Å². The lowest BCUT2D eigenvalue weighted by molar-refractivity contribution is 0.415. The van der Waals surface area contributed by atoms with Crippen molar-refractivity contribution in [1.82, 2.24) is 4.57 Å². The molecule has 0 fully saturated rings. The lowest BCUT2D eigenvalue weighted by Crippen LogP contribution is -2.23. The Balaban J connectivity index is 2.15. The second kappa shape index (κ2) is 8.26. The molecule has 2 aromatic carbocycles. The van der Waals surface area contributed by atoms with Crippen molar-refractivity contribution in [2.24, 2.45) is 7.05 Å². The van der Waals surface area contributed by atoms with Crippen LogP contribution in [0.5, 0.6) is 5.75 Å². The Morgan fingerprint density at radius 1 is 1.10 bits per heavy atom. The lowest BCUT2D eigenvalue weighted by atomic mass is 10.3. The number of hydrogen-bond donors (Lipinski definition) is 2. The molecule has 2 N–H and O–H groups in total. The number of benzene rings is 2. The Bertz CT molecular complexity index is 1210. The Hall–Kier alpha value is -2.85. The fourth-order valence-corrected chi connectivity index (χ4v) is 4.03. The van der Waals surface area contributed by atoms with Gasteiger partial charge in [-0.25, -0.2) is 12.8 Å². The molecule has 3 rings (SSSR count). The summed E-state index contributed by atoms with van der Waals surface area (Å²) in [6, 6.07) is 13.2. The van der Waals surface area contributed by atoms with Crippen LogP contribution in [0.1, 0.15) is 0 Å². The van der Waals surface area contributed by atoms with Crippen molar-refractivity contribution in [2.45, 2.75) is 4.90 Å². The number of nitrogens with zero attached hydrogens (tertiary/aromatic N) is 1. The maximum absolute atomic E-state index is 14.3. The summed E-state index contributed by atoms with van der Waals surface area (Å²) in [4.78, 5) is 12.3. The molecule has 0 aliphatic rings. The highest BCUT2D eigenvalue weighted by molar-refractivity contribution is 9.10. The first-order valence-corrected chi connectivity index (χ1v) is 10.6. The normalized spacial score (nSPS) is 11.2. The Labute approximate surface area is 175 Å². The summed E-state index contributed by atoms with van der Waals surface area (Å²) in [5.74, 6) is -0.575. The summed E-state index contributed by atoms with van der Waals surface area (Å²) in [6.07, 6.45) is 0. The van der Waals surface area contributed by atoms with Gasteiger partial charge in [0, 0.05) is 17.6 Å². The van der Waals surface area contributed by atoms with Crippen LogP contribution in [0.3, 0.4) is 0 Å². The number of halogens is 2. The van der Waals surface area contributed by atoms with Crippen molar-refractivity contribution in [3.63, 3.8) is 0 Å². The number of anilines is 3. The van der Waals surface area contributed by atoms with Crippen LogP contribution in [-0.4, -0.2) is 20.1 Å². The van der Waals surface area contributed by atoms with E-state index in [1.165, 1.54) is 38.4 Å². The molecule has 3 aromatic rings. The third-order valence-electron chi connectivity index (χ3n) is 4.10. The van der Waals surface area contributed by atoms with Gasteiger partial charge in [-0.05, 0) is 30.3 Å². The minimum atomic E-state index is -3.99. The van der Waals surface area contributed by atoms with Gasteiger partial charge < -0.3 is 10.1 Å². The fraction of sp³-hybridized carbons (Fsp3) is 0.105. The molecule has 0 radical (unpaired) electrons. The van der Waals surface area contributed by atoms with Gasteiger partial charge in [-0.15, -0.1) is 0 Å². The first-order chi connectivity index (χ1) is 13.7. The van der Waals surface area contributed by atoms with Gasteiger partial charge in [0.15, 0.2) is 5.75 Å². The van der Waals surface area contributed by atoms with Crippen molar-refractivity contribution in [1.29, 1.82) is 0 Å². The second-order valence-electron chi connectivity index (χ2n) is 6.00. The highest BCUT2D eigenvalue weighted by Gasteiger charge is 2.22. The average molecular weight is 482 g/mol. The smallest absolute Gasteiger partial charge is 0.262 e. The van der Waals surface area contributed by atoms with Crippen molar-refractivity contribution in [3.8, 4) is 5.75 Å². The van der Waals surface area contributed by atoms with E-state index in [-0.39, 0.29) is 27.8 Å². The van der Waals surface area contributed by atoms with E-state index in [2.05, 4.69) is 26.0 Å². The first-order valence-electron chi connectivity index (χ1n) is 8.31. The standard InChI is InChI=1S/C19H17BrFN3O4S/c1-24-17(25)11-16(28-2)18(23-29(26,27)13-6-4-3-5-7-13)19(24)22-15-9-8-12(20)10-14(15)21/h3-11,22-23H,1-2H3. The molecule has 0 amide bonds. The van der Waals surface area contributed by atoms with E-state index in [0.717, 1.165) is 10.6 Å². The second-order valence-corrected chi connectivity index (χ2v) is 8.60. The maximum Gasteiger partial charge on any atom is 0.262 e. The maximum atomic E-state index is 14.3. The minimum Gasteiger partial charge on any atom is -0.494 e. The molecule has 0 bridgehead atoms. The van der Waals surface area contributed by atoms with Gasteiger partial charge in [0.2, 0.25) is 0 Å². The van der Waals surface area contributed by atoms with Crippen LogP contribution in [-0.2, 0) is 17.1 Å². The van der Waals surface area contributed by atoms with E-state index in [0.29, 0.717) is 4.47 Å². The molecule has 0 atom stereocenters. The average Bonchev–Trinajstić information content (AvgIpc) is 2.69. The lowest BCUT2D eigenvalue weighted by Gasteiger charge is -2.20. The van der Waals surface area contributed by atoms with Gasteiger partial charge in [-0.1, -0.05) is 34.1 Å². The molecule has 152 valence electrons. The summed E-state index contributed by atoms with van der Waals surface area (Å²) >= 11 is 3.18. The van der Waals surface area contributed by atoms with Gasteiger partial charge in [-0.3, -0.25) is 14.1 Å². The molecule has 1 heterocycles. The molecule has 0 saturated heterocycles. The number of rotatable bonds is 6. The number of hydrogen-bond acceptors (Lipinski definition) is 5. The quantitative estimate of drug-likeness (QED) is 0.558. The molecule has 7 nitrogen and oxygen atoms in total. The fourth-order valence-electron chi connectivity index (χ4n) is 2.59. The van der Waals surface area contributed by atoms with Crippen LogP contribution in [0.15, 0.2) is 68.8 Å². The molecule has 0 unspecified atom stereocenters. The SMILES string of the molecule is COc1cc(=O)n(C)c(Nc2ccc(Br)cc2F)c1NS(=O)(=O)c1ccccc1. The predicted molar refractivity (Wildman–Crippen MR) is 113 cm³/mol. The van der Waals surface area contributed by atoms with Crippen molar-refractivity contribution in [3.05, 3.63) is 75.2 Å². The predicted octanol–water partition coefficient (Wildman–Crippen LogP) is 3.84. The molecule has 0 aliphatic heterocycles. The van der Waals surface area contributed by atoms with Crippen molar-refractivity contribution in [2.75, 3.05) is 17.1 Å². The Kier molecular flexibility index (Phi) is 5.94. The highest BCUT2D eigenvalue weighted by atomic mass is 79.9. The summed E-state index contributed by atoms with van der Waals surface area (Å²) in [6.45, 7) is 0. The van der Waals surface area contributed by atoms with E-state index < -0.39 is 21.4 Å². The van der Waals surface area contributed by atoms with E-state index in [1.807, 2.05) is 0 Å². The minimum absolute atomic E-state index is 0.00683. The van der Waals surface area contributed by atoms with Crippen LogP contribution in [0.25, 0.3) is 0 Å².